The largest absolute Gasteiger partial charge is 0.399 e. The standard InChI is InChI=1S/C17H19IN2O/c1-2-10-20(12-13-4-3-5-16(19)11-13)17(21)14-6-8-15(18)9-7-14/h3-9,11H,2,10,12,19H2,1H3. The van der Waals surface area contributed by atoms with E-state index in [1.807, 2.05) is 53.4 Å². The van der Waals surface area contributed by atoms with Crippen LogP contribution in [0.1, 0.15) is 29.3 Å². The van der Waals surface area contributed by atoms with E-state index >= 15 is 0 Å². The van der Waals surface area contributed by atoms with E-state index in [0.717, 1.165) is 33.4 Å². The Hall–Kier alpha value is -1.56. The molecule has 0 aromatic heterocycles. The molecule has 2 N–H and O–H groups in total. The van der Waals surface area contributed by atoms with E-state index in [1.165, 1.54) is 0 Å². The maximum Gasteiger partial charge on any atom is 0.254 e. The number of amides is 1. The first-order valence-corrected chi connectivity index (χ1v) is 8.07. The van der Waals surface area contributed by atoms with Crippen LogP contribution >= 0.6 is 22.6 Å². The molecule has 110 valence electrons. The Morgan fingerprint density at radius 2 is 1.90 bits per heavy atom. The molecular weight excluding hydrogens is 375 g/mol. The van der Waals surface area contributed by atoms with Crippen molar-refractivity contribution in [2.75, 3.05) is 12.3 Å². The molecule has 0 heterocycles. The first-order valence-electron chi connectivity index (χ1n) is 6.99. The molecule has 0 aliphatic heterocycles. The number of rotatable bonds is 5. The molecule has 1 amide bonds. The van der Waals surface area contributed by atoms with Crippen LogP contribution in [0.25, 0.3) is 0 Å². The highest BCUT2D eigenvalue weighted by Crippen LogP contribution is 2.14. The van der Waals surface area contributed by atoms with E-state index in [0.29, 0.717) is 6.54 Å². The lowest BCUT2D eigenvalue weighted by Crippen LogP contribution is -2.31. The number of anilines is 1. The van der Waals surface area contributed by atoms with Crippen molar-refractivity contribution in [2.24, 2.45) is 0 Å². The van der Waals surface area contributed by atoms with Crippen molar-refractivity contribution < 1.29 is 4.79 Å². The van der Waals surface area contributed by atoms with Gasteiger partial charge in [0.15, 0.2) is 0 Å². The average molecular weight is 394 g/mol. The highest BCUT2D eigenvalue weighted by molar-refractivity contribution is 14.1. The van der Waals surface area contributed by atoms with Crippen LogP contribution in [-0.2, 0) is 6.54 Å². The Morgan fingerprint density at radius 1 is 1.19 bits per heavy atom. The molecule has 0 aliphatic carbocycles. The van der Waals surface area contributed by atoms with E-state index in [1.54, 1.807) is 0 Å². The van der Waals surface area contributed by atoms with Gasteiger partial charge in [-0.25, -0.2) is 0 Å². The van der Waals surface area contributed by atoms with Crippen LogP contribution in [0.5, 0.6) is 0 Å². The fourth-order valence-corrected chi connectivity index (χ4v) is 2.57. The van der Waals surface area contributed by atoms with E-state index in [2.05, 4.69) is 29.5 Å². The molecule has 21 heavy (non-hydrogen) atoms. The number of hydrogen-bond acceptors (Lipinski definition) is 2. The van der Waals surface area contributed by atoms with Crippen molar-refractivity contribution in [3.8, 4) is 0 Å². The molecule has 2 rings (SSSR count). The molecule has 0 saturated carbocycles. The SMILES string of the molecule is CCCN(Cc1cccc(N)c1)C(=O)c1ccc(I)cc1. The summed E-state index contributed by atoms with van der Waals surface area (Å²) in [6.45, 7) is 3.40. The lowest BCUT2D eigenvalue weighted by atomic mass is 10.1. The smallest absolute Gasteiger partial charge is 0.254 e. The number of carbonyl (C=O) groups is 1. The molecule has 0 unspecified atom stereocenters. The maximum atomic E-state index is 12.6. The predicted octanol–water partition coefficient (Wildman–Crippen LogP) is 3.93. The second kappa shape index (κ2) is 7.45. The van der Waals surface area contributed by atoms with Crippen LogP contribution in [0.15, 0.2) is 48.5 Å². The van der Waals surface area contributed by atoms with Gasteiger partial charge in [-0.3, -0.25) is 4.79 Å². The minimum absolute atomic E-state index is 0.0654. The fourth-order valence-electron chi connectivity index (χ4n) is 2.21. The number of hydrogen-bond donors (Lipinski definition) is 1. The van der Waals surface area contributed by atoms with Gasteiger partial charge in [0.1, 0.15) is 0 Å². The Balaban J connectivity index is 2.18. The van der Waals surface area contributed by atoms with Crippen molar-refractivity contribution in [3.05, 3.63) is 63.2 Å². The van der Waals surface area contributed by atoms with Crippen LogP contribution in [-0.4, -0.2) is 17.4 Å². The van der Waals surface area contributed by atoms with Gasteiger partial charge in [-0.2, -0.15) is 0 Å². The minimum atomic E-state index is 0.0654. The highest BCUT2D eigenvalue weighted by Gasteiger charge is 2.15. The normalized spacial score (nSPS) is 10.4. The number of nitrogens with zero attached hydrogens (tertiary/aromatic N) is 1. The third kappa shape index (κ3) is 4.46. The second-order valence-corrected chi connectivity index (χ2v) is 6.22. The quantitative estimate of drug-likeness (QED) is 0.617. The van der Waals surface area contributed by atoms with Gasteiger partial charge in [-0.1, -0.05) is 19.1 Å². The zero-order chi connectivity index (χ0) is 15.2. The minimum Gasteiger partial charge on any atom is -0.399 e. The van der Waals surface area contributed by atoms with Crippen LogP contribution in [0, 0.1) is 3.57 Å². The van der Waals surface area contributed by atoms with Gasteiger partial charge in [0.25, 0.3) is 5.91 Å². The van der Waals surface area contributed by atoms with Crippen molar-refractivity contribution in [1.29, 1.82) is 0 Å². The lowest BCUT2D eigenvalue weighted by Gasteiger charge is -2.22. The molecule has 0 atom stereocenters. The Kier molecular flexibility index (Phi) is 5.61. The van der Waals surface area contributed by atoms with Gasteiger partial charge >= 0.3 is 0 Å². The molecule has 0 spiro atoms. The van der Waals surface area contributed by atoms with Crippen LogP contribution in [0.4, 0.5) is 5.69 Å². The topological polar surface area (TPSA) is 46.3 Å². The van der Waals surface area contributed by atoms with Crippen molar-refractivity contribution in [3.63, 3.8) is 0 Å². The molecular formula is C17H19IN2O. The monoisotopic (exact) mass is 394 g/mol. The Morgan fingerprint density at radius 3 is 2.52 bits per heavy atom. The summed E-state index contributed by atoms with van der Waals surface area (Å²) in [7, 11) is 0. The number of nitrogen functional groups attached to an aromatic ring is 1. The van der Waals surface area contributed by atoms with E-state index in [-0.39, 0.29) is 5.91 Å². The summed E-state index contributed by atoms with van der Waals surface area (Å²) in [5.74, 6) is 0.0654. The lowest BCUT2D eigenvalue weighted by molar-refractivity contribution is 0.0743. The Labute approximate surface area is 139 Å². The summed E-state index contributed by atoms with van der Waals surface area (Å²) in [5, 5.41) is 0. The van der Waals surface area contributed by atoms with Gasteiger partial charge in [0.05, 0.1) is 0 Å². The highest BCUT2D eigenvalue weighted by atomic mass is 127. The molecule has 2 aromatic rings. The molecule has 0 aliphatic rings. The van der Waals surface area contributed by atoms with Crippen molar-refractivity contribution in [1.82, 2.24) is 4.90 Å². The summed E-state index contributed by atoms with van der Waals surface area (Å²) in [4.78, 5) is 14.5. The summed E-state index contributed by atoms with van der Waals surface area (Å²) >= 11 is 2.24. The van der Waals surface area contributed by atoms with Crippen LogP contribution in [0.3, 0.4) is 0 Å². The molecule has 4 heteroatoms. The Bertz CT molecular complexity index is 610. The van der Waals surface area contributed by atoms with Crippen molar-refractivity contribution >= 4 is 34.2 Å². The van der Waals surface area contributed by atoms with Gasteiger partial charge in [0, 0.05) is 27.9 Å². The first-order chi connectivity index (χ1) is 10.1. The third-order valence-electron chi connectivity index (χ3n) is 3.20. The van der Waals surface area contributed by atoms with Gasteiger partial charge in [0.2, 0.25) is 0 Å². The van der Waals surface area contributed by atoms with Gasteiger partial charge < -0.3 is 10.6 Å². The summed E-state index contributed by atoms with van der Waals surface area (Å²) in [6, 6.07) is 15.4. The molecule has 0 saturated heterocycles. The third-order valence-corrected chi connectivity index (χ3v) is 3.92. The number of halogens is 1. The van der Waals surface area contributed by atoms with Crippen LogP contribution < -0.4 is 5.73 Å². The first kappa shape index (κ1) is 15.8. The van der Waals surface area contributed by atoms with Gasteiger partial charge in [-0.05, 0) is 71.0 Å². The average Bonchev–Trinajstić information content (AvgIpc) is 2.47. The summed E-state index contributed by atoms with van der Waals surface area (Å²) in [6.07, 6.45) is 0.929. The van der Waals surface area contributed by atoms with Gasteiger partial charge in [-0.15, -0.1) is 0 Å². The zero-order valence-electron chi connectivity index (χ0n) is 12.1. The molecule has 2 aromatic carbocycles. The van der Waals surface area contributed by atoms with Crippen molar-refractivity contribution in [2.45, 2.75) is 19.9 Å². The van der Waals surface area contributed by atoms with E-state index < -0.39 is 0 Å². The fraction of sp³-hybridized carbons (Fsp3) is 0.235. The van der Waals surface area contributed by atoms with Crippen LogP contribution in [0.2, 0.25) is 0 Å². The molecule has 0 fully saturated rings. The van der Waals surface area contributed by atoms with E-state index in [9.17, 15) is 4.79 Å². The molecule has 0 bridgehead atoms. The molecule has 0 radical (unpaired) electrons. The number of carbonyl (C=O) groups excluding carboxylic acids is 1. The zero-order valence-corrected chi connectivity index (χ0v) is 14.2. The number of nitrogens with two attached hydrogens (primary N) is 1. The van der Waals surface area contributed by atoms with E-state index in [4.69, 9.17) is 5.73 Å². The molecule has 3 nitrogen and oxygen atoms in total. The second-order valence-electron chi connectivity index (χ2n) is 4.98. The predicted molar refractivity (Wildman–Crippen MR) is 95.0 cm³/mol. The number of benzene rings is 2. The summed E-state index contributed by atoms with van der Waals surface area (Å²) < 4.78 is 1.13. The maximum absolute atomic E-state index is 12.6. The summed E-state index contributed by atoms with van der Waals surface area (Å²) in [5.41, 5.74) is 8.32.